The van der Waals surface area contributed by atoms with Gasteiger partial charge in [0, 0.05) is 62.4 Å². The number of nitrogens with one attached hydrogen (secondary N) is 1. The minimum absolute atomic E-state index is 0.00340. The zero-order valence-corrected chi connectivity index (χ0v) is 30.3. The smallest absolute Gasteiger partial charge is 0.416 e. The second kappa shape index (κ2) is 15.1. The summed E-state index contributed by atoms with van der Waals surface area (Å²) in [6.45, 7) is 4.13. The van der Waals surface area contributed by atoms with Crippen LogP contribution in [0.4, 0.5) is 33.5 Å². The molecule has 5 aliphatic rings. The molecule has 18 heteroatoms. The molecule has 1 amide bonds. The Morgan fingerprint density at radius 3 is 2.64 bits per heavy atom. The van der Waals surface area contributed by atoms with Crippen LogP contribution in [-0.4, -0.2) is 101 Å². The first-order valence-electron chi connectivity index (χ1n) is 17.9. The van der Waals surface area contributed by atoms with Crippen molar-refractivity contribution in [2.24, 2.45) is 0 Å². The first-order valence-corrected chi connectivity index (χ1v) is 18.3. The van der Waals surface area contributed by atoms with Gasteiger partial charge in [0.2, 0.25) is 0 Å². The number of nitrogen functional groups attached to an aromatic ring is 1. The molecule has 0 radical (unpaired) electrons. The standard InChI is InChI=1S/C28H31ClF4N8O3.C7H12FN/c1-35-14-6-9-40(11-14)26(42)24-22(29)19-12-39(7-3-8-41(19)38-24)25-15-13-44-20(10-18(15)36-27(37-25)43-2)21-16(28(31,32)33)4-5-17(34)23(21)30;8-6-4-7-2-1-3-9(7)5-6/h4-5,14,20,35H,3,6-13,34H2,1-2H3;6-7H,1-5H2. The fraction of sp³-hybridized carbons (Fsp3) is 0.600. The lowest BCUT2D eigenvalue weighted by Crippen LogP contribution is -2.33. The molecule has 1 aromatic carbocycles. The number of likely N-dealkylation sites (tertiary alicyclic amines) is 1. The Balaban J connectivity index is 0.000000418. The number of benzene rings is 1. The molecule has 4 atom stereocenters. The second-order valence-electron chi connectivity index (χ2n) is 14.1. The fourth-order valence-corrected chi connectivity index (χ4v) is 8.37. The van der Waals surface area contributed by atoms with Crippen molar-refractivity contribution in [3.8, 4) is 6.01 Å². The normalized spacial score (nSPS) is 24.3. The van der Waals surface area contributed by atoms with Crippen LogP contribution in [0.15, 0.2) is 12.1 Å². The maximum atomic E-state index is 15.1. The molecule has 5 aliphatic heterocycles. The minimum atomic E-state index is -4.82. The highest BCUT2D eigenvalue weighted by atomic mass is 35.5. The number of halogens is 6. The molecule has 3 saturated heterocycles. The van der Waals surface area contributed by atoms with E-state index in [1.54, 1.807) is 9.58 Å². The first-order chi connectivity index (χ1) is 25.4. The number of nitrogens with two attached hydrogens (primary N) is 1. The molecule has 0 spiro atoms. The zero-order valence-electron chi connectivity index (χ0n) is 29.6. The summed E-state index contributed by atoms with van der Waals surface area (Å²) in [5.74, 6) is -0.956. The highest BCUT2D eigenvalue weighted by molar-refractivity contribution is 6.34. The third kappa shape index (κ3) is 7.49. The Labute approximate surface area is 308 Å². The molecule has 0 aliphatic carbocycles. The monoisotopic (exact) mass is 767 g/mol. The third-order valence-corrected chi connectivity index (χ3v) is 11.3. The summed E-state index contributed by atoms with van der Waals surface area (Å²) in [5.41, 5.74) is 5.14. The highest BCUT2D eigenvalue weighted by Gasteiger charge is 2.41. The number of carbonyl (C=O) groups is 1. The number of likely N-dealkylation sites (N-methyl/N-ethyl adjacent to an activating group) is 1. The quantitative estimate of drug-likeness (QED) is 0.273. The molecule has 2 aromatic heterocycles. The number of aromatic nitrogens is 4. The number of rotatable bonds is 5. The Hall–Kier alpha value is -3.80. The van der Waals surface area contributed by atoms with Gasteiger partial charge in [-0.05, 0) is 57.8 Å². The van der Waals surface area contributed by atoms with E-state index in [0.29, 0.717) is 68.0 Å². The van der Waals surface area contributed by atoms with Gasteiger partial charge in [0.15, 0.2) is 11.5 Å². The lowest BCUT2D eigenvalue weighted by atomic mass is 9.94. The number of aryl methyl sites for hydroxylation is 1. The van der Waals surface area contributed by atoms with E-state index in [2.05, 4.69) is 25.3 Å². The molecule has 8 rings (SSSR count). The Morgan fingerprint density at radius 2 is 1.92 bits per heavy atom. The van der Waals surface area contributed by atoms with E-state index < -0.39 is 41.1 Å². The Bertz CT molecular complexity index is 1830. The van der Waals surface area contributed by atoms with E-state index in [0.717, 1.165) is 31.5 Å². The summed E-state index contributed by atoms with van der Waals surface area (Å²) in [6, 6.07) is 2.46. The van der Waals surface area contributed by atoms with Crippen molar-refractivity contribution in [3.63, 3.8) is 0 Å². The maximum Gasteiger partial charge on any atom is 0.416 e. The summed E-state index contributed by atoms with van der Waals surface area (Å²) in [4.78, 5) is 28.2. The number of carbonyl (C=O) groups excluding carboxylic acids is 1. The van der Waals surface area contributed by atoms with Crippen molar-refractivity contribution in [1.29, 1.82) is 0 Å². The molecule has 3 N–H and O–H groups in total. The number of methoxy groups -OCH3 is 1. The van der Waals surface area contributed by atoms with E-state index in [4.69, 9.17) is 26.8 Å². The summed E-state index contributed by atoms with van der Waals surface area (Å²) >= 11 is 6.79. The molecule has 288 valence electrons. The van der Waals surface area contributed by atoms with Gasteiger partial charge >= 0.3 is 12.2 Å². The predicted molar refractivity (Wildman–Crippen MR) is 186 cm³/mol. The zero-order chi connectivity index (χ0) is 37.6. The van der Waals surface area contributed by atoms with Crippen LogP contribution in [0.3, 0.4) is 0 Å². The van der Waals surface area contributed by atoms with Gasteiger partial charge < -0.3 is 30.3 Å². The minimum Gasteiger partial charge on any atom is -0.467 e. The van der Waals surface area contributed by atoms with Crippen molar-refractivity contribution in [1.82, 2.24) is 34.9 Å². The van der Waals surface area contributed by atoms with Gasteiger partial charge in [-0.15, -0.1) is 0 Å². The second-order valence-corrected chi connectivity index (χ2v) is 14.5. The highest BCUT2D eigenvalue weighted by Crippen LogP contribution is 2.43. The van der Waals surface area contributed by atoms with Gasteiger partial charge in [-0.1, -0.05) is 11.6 Å². The molecular weight excluding hydrogens is 725 g/mol. The lowest BCUT2D eigenvalue weighted by Gasteiger charge is -2.31. The average Bonchev–Trinajstić information content (AvgIpc) is 3.90. The Morgan fingerprint density at radius 1 is 1.11 bits per heavy atom. The number of hydrogen-bond acceptors (Lipinski definition) is 10. The van der Waals surface area contributed by atoms with E-state index in [9.17, 15) is 22.4 Å². The van der Waals surface area contributed by atoms with Crippen LogP contribution in [0, 0.1) is 5.82 Å². The Kier molecular flexibility index (Phi) is 10.7. The van der Waals surface area contributed by atoms with Crippen molar-refractivity contribution in [2.75, 3.05) is 57.5 Å². The number of ether oxygens (including phenoxy) is 2. The van der Waals surface area contributed by atoms with Crippen LogP contribution in [0.2, 0.25) is 5.02 Å². The lowest BCUT2D eigenvalue weighted by molar-refractivity contribution is -0.140. The summed E-state index contributed by atoms with van der Waals surface area (Å²) in [5, 5.41) is 8.02. The van der Waals surface area contributed by atoms with Gasteiger partial charge in [0.1, 0.15) is 12.0 Å². The van der Waals surface area contributed by atoms with Crippen molar-refractivity contribution >= 4 is 29.0 Å². The van der Waals surface area contributed by atoms with Crippen LogP contribution in [0.25, 0.3) is 0 Å². The van der Waals surface area contributed by atoms with Gasteiger partial charge in [0.25, 0.3) is 5.91 Å². The number of hydrogen-bond donors (Lipinski definition) is 2. The van der Waals surface area contributed by atoms with E-state index in [-0.39, 0.29) is 48.2 Å². The molecule has 12 nitrogen and oxygen atoms in total. The third-order valence-electron chi connectivity index (χ3n) is 10.9. The largest absolute Gasteiger partial charge is 0.467 e. The van der Waals surface area contributed by atoms with Gasteiger partial charge in [-0.25, -0.2) is 8.78 Å². The van der Waals surface area contributed by atoms with Gasteiger partial charge in [-0.2, -0.15) is 28.2 Å². The van der Waals surface area contributed by atoms with Crippen molar-refractivity contribution in [3.05, 3.63) is 56.7 Å². The number of anilines is 2. The summed E-state index contributed by atoms with van der Waals surface area (Å²) in [7, 11) is 3.24. The fourth-order valence-electron chi connectivity index (χ4n) is 8.10. The van der Waals surface area contributed by atoms with E-state index in [1.165, 1.54) is 20.0 Å². The van der Waals surface area contributed by atoms with Crippen LogP contribution in [-0.2, 0) is 37.0 Å². The van der Waals surface area contributed by atoms with Gasteiger partial charge in [-0.3, -0.25) is 14.4 Å². The molecule has 7 heterocycles. The van der Waals surface area contributed by atoms with Gasteiger partial charge in [0.05, 0.1) is 54.0 Å². The molecule has 0 bridgehead atoms. The SMILES string of the molecule is CNC1CCN(C(=O)c2nn3c(c2Cl)CN(c2nc(OC)nc4c2COC(c2c(C(F)(F)F)ccc(N)c2F)C4)CCC3)C1.FC1CC2CCCN2C1. The van der Waals surface area contributed by atoms with Crippen LogP contribution in [0.1, 0.15) is 76.8 Å². The van der Waals surface area contributed by atoms with Crippen LogP contribution >= 0.6 is 11.6 Å². The number of alkyl halides is 4. The average molecular weight is 768 g/mol. The molecule has 53 heavy (non-hydrogen) atoms. The summed E-state index contributed by atoms with van der Waals surface area (Å²) in [6.07, 6.45) is -1.99. The summed E-state index contributed by atoms with van der Waals surface area (Å²) < 4.78 is 82.1. The molecule has 4 unspecified atom stereocenters. The first kappa shape index (κ1) is 37.5. The van der Waals surface area contributed by atoms with Crippen molar-refractivity contribution in [2.45, 2.75) is 88.8 Å². The number of fused-ring (bicyclic) bond motifs is 3. The molecule has 3 fully saturated rings. The van der Waals surface area contributed by atoms with E-state index >= 15 is 4.39 Å². The molecule has 0 saturated carbocycles. The number of nitrogens with zero attached hydrogens (tertiary/aromatic N) is 7. The predicted octanol–water partition coefficient (Wildman–Crippen LogP) is 4.93. The topological polar surface area (TPSA) is 127 Å². The molecule has 3 aromatic rings. The number of amides is 1. The van der Waals surface area contributed by atoms with Crippen molar-refractivity contribution < 1.29 is 36.2 Å². The maximum absolute atomic E-state index is 15.1. The van der Waals surface area contributed by atoms with Crippen LogP contribution in [0.5, 0.6) is 6.01 Å². The van der Waals surface area contributed by atoms with Crippen LogP contribution < -0.4 is 20.7 Å². The molecular formula is C35H43ClF5N9O3. The van der Waals surface area contributed by atoms with E-state index in [1.807, 2.05) is 11.9 Å².